The van der Waals surface area contributed by atoms with E-state index in [4.69, 9.17) is 10.7 Å². The molecule has 0 atom stereocenters. The van der Waals surface area contributed by atoms with Crippen LogP contribution >= 0.6 is 0 Å². The van der Waals surface area contributed by atoms with Crippen LogP contribution in [0.2, 0.25) is 0 Å². The Kier molecular flexibility index (Phi) is 2.21. The smallest absolute Gasteiger partial charge is 0.136 e. The molecule has 2 N–H and O–H groups in total. The maximum Gasteiger partial charge on any atom is 0.136 e. The van der Waals surface area contributed by atoms with Crippen molar-refractivity contribution in [2.75, 3.05) is 6.54 Å². The summed E-state index contributed by atoms with van der Waals surface area (Å²) < 4.78 is 2.09. The van der Waals surface area contributed by atoms with Crippen LogP contribution in [0.5, 0.6) is 0 Å². The van der Waals surface area contributed by atoms with Crippen LogP contribution < -0.4 is 5.73 Å². The van der Waals surface area contributed by atoms with E-state index in [9.17, 15) is 0 Å². The summed E-state index contributed by atoms with van der Waals surface area (Å²) in [5.74, 6) is 0. The Morgan fingerprint density at radius 1 is 1.31 bits per heavy atom. The van der Waals surface area contributed by atoms with Crippen LogP contribution in [0, 0.1) is 0 Å². The minimum Gasteiger partial charge on any atom is -0.330 e. The lowest BCUT2D eigenvalue weighted by atomic mass is 9.83. The third-order valence-electron chi connectivity index (χ3n) is 3.86. The molecule has 0 unspecified atom stereocenters. The molecule has 16 heavy (non-hydrogen) atoms. The summed E-state index contributed by atoms with van der Waals surface area (Å²) in [7, 11) is 0. The number of nitrogens with zero attached hydrogens (tertiary/aromatic N) is 2. The minimum absolute atomic E-state index is 0.145. The van der Waals surface area contributed by atoms with E-state index in [1.54, 1.807) is 0 Å². The molecule has 1 aliphatic rings. The van der Waals surface area contributed by atoms with Gasteiger partial charge in [0.15, 0.2) is 0 Å². The number of hydrogen-bond acceptors (Lipinski definition) is 2. The first-order valence-corrected chi connectivity index (χ1v) is 5.98. The zero-order chi connectivity index (χ0) is 11.0. The molecule has 0 aromatic carbocycles. The van der Waals surface area contributed by atoms with Gasteiger partial charge in [-0.3, -0.25) is 0 Å². The lowest BCUT2D eigenvalue weighted by molar-refractivity contribution is 0.442. The number of pyridine rings is 1. The van der Waals surface area contributed by atoms with Gasteiger partial charge in [-0.25, -0.2) is 4.98 Å². The van der Waals surface area contributed by atoms with Crippen LogP contribution in [-0.4, -0.2) is 15.9 Å². The third-order valence-corrected chi connectivity index (χ3v) is 3.86. The number of rotatable bonds is 2. The Balaban J connectivity index is 2.10. The molecule has 84 valence electrons. The molecule has 3 rings (SSSR count). The van der Waals surface area contributed by atoms with E-state index in [1.165, 1.54) is 31.4 Å². The lowest BCUT2D eigenvalue weighted by Gasteiger charge is -2.24. The van der Waals surface area contributed by atoms with Gasteiger partial charge in [0.25, 0.3) is 0 Å². The molecule has 0 aliphatic heterocycles. The fourth-order valence-electron chi connectivity index (χ4n) is 2.81. The zero-order valence-electron chi connectivity index (χ0n) is 9.39. The molecule has 2 aromatic heterocycles. The Morgan fingerprint density at radius 3 is 2.81 bits per heavy atom. The first-order chi connectivity index (χ1) is 7.84. The maximum atomic E-state index is 5.97. The number of imidazole rings is 1. The highest BCUT2D eigenvalue weighted by atomic mass is 15.0. The van der Waals surface area contributed by atoms with Crippen molar-refractivity contribution in [3.63, 3.8) is 0 Å². The molecule has 1 saturated carbocycles. The number of fused-ring (bicyclic) bond motifs is 1. The van der Waals surface area contributed by atoms with Gasteiger partial charge in [-0.2, -0.15) is 0 Å². The Labute approximate surface area is 95.3 Å². The van der Waals surface area contributed by atoms with Crippen LogP contribution in [0.4, 0.5) is 0 Å². The normalized spacial score (nSPS) is 19.3. The number of nitrogens with two attached hydrogens (primary N) is 1. The maximum absolute atomic E-state index is 5.97. The quantitative estimate of drug-likeness (QED) is 0.833. The van der Waals surface area contributed by atoms with Crippen LogP contribution in [0.15, 0.2) is 30.6 Å². The van der Waals surface area contributed by atoms with Gasteiger partial charge in [0.2, 0.25) is 0 Å². The summed E-state index contributed by atoms with van der Waals surface area (Å²) in [6.45, 7) is 0.719. The van der Waals surface area contributed by atoms with Gasteiger partial charge in [0.05, 0.1) is 5.69 Å². The van der Waals surface area contributed by atoms with E-state index in [0.29, 0.717) is 0 Å². The van der Waals surface area contributed by atoms with Gasteiger partial charge in [0.1, 0.15) is 5.65 Å². The summed E-state index contributed by atoms with van der Waals surface area (Å²) in [6.07, 6.45) is 9.13. The van der Waals surface area contributed by atoms with Crippen molar-refractivity contribution < 1.29 is 0 Å². The summed E-state index contributed by atoms with van der Waals surface area (Å²) in [5.41, 5.74) is 8.32. The Bertz CT molecular complexity index is 462. The SMILES string of the molecule is NCC1(c2cn3ccccc3n2)CCCC1. The van der Waals surface area contributed by atoms with Crippen molar-refractivity contribution in [2.45, 2.75) is 31.1 Å². The molecule has 1 aliphatic carbocycles. The molecular formula is C13H17N3. The first-order valence-electron chi connectivity index (χ1n) is 5.98. The predicted molar refractivity (Wildman–Crippen MR) is 64.4 cm³/mol. The molecule has 3 nitrogen and oxygen atoms in total. The van der Waals surface area contributed by atoms with Crippen molar-refractivity contribution in [3.8, 4) is 0 Å². The van der Waals surface area contributed by atoms with Crippen LogP contribution in [-0.2, 0) is 5.41 Å². The summed E-state index contributed by atoms with van der Waals surface area (Å²) in [4.78, 5) is 4.72. The zero-order valence-corrected chi connectivity index (χ0v) is 9.39. The van der Waals surface area contributed by atoms with Gasteiger partial charge >= 0.3 is 0 Å². The Morgan fingerprint density at radius 2 is 2.12 bits per heavy atom. The average molecular weight is 215 g/mol. The molecule has 0 radical (unpaired) electrons. The fraction of sp³-hybridized carbons (Fsp3) is 0.462. The molecule has 0 amide bonds. The lowest BCUT2D eigenvalue weighted by Crippen LogP contribution is -2.32. The summed E-state index contributed by atoms with van der Waals surface area (Å²) in [6, 6.07) is 6.10. The van der Waals surface area contributed by atoms with Crippen LogP contribution in [0.25, 0.3) is 5.65 Å². The highest BCUT2D eigenvalue weighted by Crippen LogP contribution is 2.39. The topological polar surface area (TPSA) is 43.3 Å². The molecule has 1 fully saturated rings. The van der Waals surface area contributed by atoms with E-state index < -0.39 is 0 Å². The van der Waals surface area contributed by atoms with Crippen molar-refractivity contribution in [1.82, 2.24) is 9.38 Å². The molecule has 2 aromatic rings. The van der Waals surface area contributed by atoms with Crippen LogP contribution in [0.3, 0.4) is 0 Å². The summed E-state index contributed by atoms with van der Waals surface area (Å²) in [5, 5.41) is 0. The monoisotopic (exact) mass is 215 g/mol. The first kappa shape index (κ1) is 9.85. The molecule has 0 spiro atoms. The van der Waals surface area contributed by atoms with Gasteiger partial charge in [0, 0.05) is 24.4 Å². The summed E-state index contributed by atoms with van der Waals surface area (Å²) >= 11 is 0. The number of hydrogen-bond donors (Lipinski definition) is 1. The van der Waals surface area contributed by atoms with E-state index in [0.717, 1.165) is 12.2 Å². The van der Waals surface area contributed by atoms with E-state index in [1.807, 2.05) is 24.4 Å². The van der Waals surface area contributed by atoms with Gasteiger partial charge in [-0.1, -0.05) is 18.9 Å². The highest BCUT2D eigenvalue weighted by molar-refractivity contribution is 5.41. The van der Waals surface area contributed by atoms with E-state index in [-0.39, 0.29) is 5.41 Å². The van der Waals surface area contributed by atoms with Gasteiger partial charge in [-0.15, -0.1) is 0 Å². The second kappa shape index (κ2) is 3.59. The van der Waals surface area contributed by atoms with E-state index in [2.05, 4.69) is 10.6 Å². The fourth-order valence-corrected chi connectivity index (χ4v) is 2.81. The molecule has 2 heterocycles. The number of aromatic nitrogens is 2. The van der Waals surface area contributed by atoms with Crippen molar-refractivity contribution in [1.29, 1.82) is 0 Å². The molecule has 0 bridgehead atoms. The largest absolute Gasteiger partial charge is 0.330 e. The van der Waals surface area contributed by atoms with Crippen LogP contribution in [0.1, 0.15) is 31.4 Å². The standard InChI is InChI=1S/C13H17N3/c14-10-13(6-2-3-7-13)11-9-16-8-4-1-5-12(16)15-11/h1,4-5,8-9H,2-3,6-7,10,14H2. The second-order valence-corrected chi connectivity index (χ2v) is 4.78. The molecule has 3 heteroatoms. The van der Waals surface area contributed by atoms with E-state index >= 15 is 0 Å². The van der Waals surface area contributed by atoms with Gasteiger partial charge < -0.3 is 10.1 Å². The average Bonchev–Trinajstić information content (AvgIpc) is 2.96. The predicted octanol–water partition coefficient (Wildman–Crippen LogP) is 2.10. The molecular weight excluding hydrogens is 198 g/mol. The third kappa shape index (κ3) is 1.35. The molecule has 0 saturated heterocycles. The van der Waals surface area contributed by atoms with Crippen molar-refractivity contribution in [3.05, 3.63) is 36.3 Å². The highest BCUT2D eigenvalue weighted by Gasteiger charge is 2.36. The van der Waals surface area contributed by atoms with Crippen molar-refractivity contribution >= 4 is 5.65 Å². The minimum atomic E-state index is 0.145. The van der Waals surface area contributed by atoms with Gasteiger partial charge in [-0.05, 0) is 25.0 Å². The Hall–Kier alpha value is -1.35. The van der Waals surface area contributed by atoms with Crippen molar-refractivity contribution in [2.24, 2.45) is 5.73 Å². The second-order valence-electron chi connectivity index (χ2n) is 4.78.